The van der Waals surface area contributed by atoms with Crippen molar-refractivity contribution in [1.29, 1.82) is 0 Å². The number of carbonyl (C=O) groups excluding carboxylic acids is 1. The molecule has 4 heterocycles. The quantitative estimate of drug-likeness (QED) is 0.487. The molecule has 0 atom stereocenters. The Balaban J connectivity index is 1.30. The van der Waals surface area contributed by atoms with E-state index in [1.54, 1.807) is 23.0 Å². The topological polar surface area (TPSA) is 95.0 Å². The summed E-state index contributed by atoms with van der Waals surface area (Å²) in [5.74, 6) is 1.31. The van der Waals surface area contributed by atoms with Crippen molar-refractivity contribution in [3.8, 4) is 11.5 Å². The van der Waals surface area contributed by atoms with Crippen LogP contribution in [0.4, 0.5) is 0 Å². The molecule has 0 aliphatic carbocycles. The first-order valence-corrected chi connectivity index (χ1v) is 10.6. The predicted molar refractivity (Wildman–Crippen MR) is 116 cm³/mol. The molecule has 3 aromatic heterocycles. The minimum Gasteiger partial charge on any atom is -0.463 e. The Kier molecular flexibility index (Phi) is 5.11. The molecule has 0 saturated carbocycles. The van der Waals surface area contributed by atoms with Crippen LogP contribution in [0, 0.1) is 0 Å². The SMILES string of the molecule is O=C(NCCCn1nc2n(c1=O)CCCC2)c1cc(-c2ccco2)nc2ccccc12. The van der Waals surface area contributed by atoms with E-state index in [1.165, 1.54) is 4.68 Å². The molecule has 8 heteroatoms. The lowest BCUT2D eigenvalue weighted by Crippen LogP contribution is -2.29. The Morgan fingerprint density at radius 2 is 2.06 bits per heavy atom. The molecule has 0 bridgehead atoms. The average molecular weight is 417 g/mol. The second kappa shape index (κ2) is 8.22. The highest BCUT2D eigenvalue weighted by Gasteiger charge is 2.17. The smallest absolute Gasteiger partial charge is 0.345 e. The van der Waals surface area contributed by atoms with E-state index in [0.717, 1.165) is 42.5 Å². The maximum atomic E-state index is 13.0. The van der Waals surface area contributed by atoms with Crippen LogP contribution >= 0.6 is 0 Å². The van der Waals surface area contributed by atoms with Crippen LogP contribution < -0.4 is 11.0 Å². The summed E-state index contributed by atoms with van der Waals surface area (Å²) in [6.45, 7) is 1.67. The summed E-state index contributed by atoms with van der Waals surface area (Å²) in [7, 11) is 0. The molecule has 1 aromatic carbocycles. The lowest BCUT2D eigenvalue weighted by atomic mass is 10.1. The van der Waals surface area contributed by atoms with Crippen LogP contribution in [-0.4, -0.2) is 31.8 Å². The molecule has 1 amide bonds. The molecule has 1 aliphatic rings. The van der Waals surface area contributed by atoms with Gasteiger partial charge in [0.05, 0.1) is 17.3 Å². The molecule has 0 spiro atoms. The van der Waals surface area contributed by atoms with Gasteiger partial charge in [0.1, 0.15) is 11.5 Å². The summed E-state index contributed by atoms with van der Waals surface area (Å²) in [4.78, 5) is 30.0. The Bertz CT molecular complexity index is 1290. The molecule has 158 valence electrons. The first kappa shape index (κ1) is 19.3. The highest BCUT2D eigenvalue weighted by molar-refractivity contribution is 6.07. The highest BCUT2D eigenvalue weighted by Crippen LogP contribution is 2.25. The maximum Gasteiger partial charge on any atom is 0.345 e. The van der Waals surface area contributed by atoms with Crippen molar-refractivity contribution in [1.82, 2.24) is 24.6 Å². The van der Waals surface area contributed by atoms with Gasteiger partial charge in [-0.2, -0.15) is 5.10 Å². The summed E-state index contributed by atoms with van der Waals surface area (Å²) >= 11 is 0. The van der Waals surface area contributed by atoms with Crippen LogP contribution in [0.25, 0.3) is 22.4 Å². The number of rotatable bonds is 6. The normalized spacial score (nSPS) is 13.3. The van der Waals surface area contributed by atoms with Gasteiger partial charge in [-0.05, 0) is 43.5 Å². The molecule has 0 unspecified atom stereocenters. The number of amides is 1. The van der Waals surface area contributed by atoms with Gasteiger partial charge in [0.2, 0.25) is 0 Å². The number of pyridine rings is 1. The lowest BCUT2D eigenvalue weighted by Gasteiger charge is -2.10. The fraction of sp³-hybridized carbons (Fsp3) is 0.304. The molecule has 8 nitrogen and oxygen atoms in total. The Labute approximate surface area is 178 Å². The molecule has 0 fully saturated rings. The Morgan fingerprint density at radius 1 is 1.16 bits per heavy atom. The molecule has 0 radical (unpaired) electrons. The average Bonchev–Trinajstić information content (AvgIpc) is 3.45. The summed E-state index contributed by atoms with van der Waals surface area (Å²) in [5.41, 5.74) is 1.84. The lowest BCUT2D eigenvalue weighted by molar-refractivity contribution is 0.0954. The molecule has 4 aromatic rings. The van der Waals surface area contributed by atoms with E-state index in [2.05, 4.69) is 15.4 Å². The molecule has 1 aliphatic heterocycles. The van der Waals surface area contributed by atoms with E-state index in [9.17, 15) is 9.59 Å². The van der Waals surface area contributed by atoms with E-state index < -0.39 is 0 Å². The standard InChI is InChI=1S/C23H23N5O3/c29-22(24-11-6-13-28-23(30)27-12-4-3-10-21(27)26-28)17-15-19(20-9-5-14-31-20)25-18-8-2-1-7-16(17)18/h1-2,5,7-9,14-15H,3-4,6,10-13H2,(H,24,29). The van der Waals surface area contributed by atoms with Crippen LogP contribution in [0.15, 0.2) is 57.9 Å². The molecular weight excluding hydrogens is 394 g/mol. The number of furan rings is 1. The van der Waals surface area contributed by atoms with Gasteiger partial charge in [0.15, 0.2) is 5.76 Å². The Hall–Kier alpha value is -3.68. The molecular formula is C23H23N5O3. The summed E-state index contributed by atoms with van der Waals surface area (Å²) in [6.07, 6.45) is 5.16. The zero-order chi connectivity index (χ0) is 21.2. The number of aryl methyl sites for hydroxylation is 2. The monoisotopic (exact) mass is 417 g/mol. The van der Waals surface area contributed by atoms with Gasteiger partial charge in [-0.3, -0.25) is 9.36 Å². The first-order chi connectivity index (χ1) is 15.2. The third kappa shape index (κ3) is 3.76. The van der Waals surface area contributed by atoms with Gasteiger partial charge in [-0.15, -0.1) is 0 Å². The van der Waals surface area contributed by atoms with Gasteiger partial charge >= 0.3 is 5.69 Å². The van der Waals surface area contributed by atoms with Gasteiger partial charge in [-0.25, -0.2) is 14.5 Å². The molecule has 5 rings (SSSR count). The molecule has 1 N–H and O–H groups in total. The molecule has 31 heavy (non-hydrogen) atoms. The molecule has 0 saturated heterocycles. The van der Waals surface area contributed by atoms with Crippen LogP contribution in [-0.2, 0) is 19.5 Å². The fourth-order valence-electron chi connectivity index (χ4n) is 4.03. The highest BCUT2D eigenvalue weighted by atomic mass is 16.3. The van der Waals surface area contributed by atoms with E-state index in [1.807, 2.05) is 30.3 Å². The van der Waals surface area contributed by atoms with Gasteiger partial charge < -0.3 is 9.73 Å². The van der Waals surface area contributed by atoms with Crippen LogP contribution in [0.2, 0.25) is 0 Å². The third-order valence-corrected chi connectivity index (χ3v) is 5.60. The summed E-state index contributed by atoms with van der Waals surface area (Å²) in [6, 6.07) is 12.9. The second-order valence-corrected chi connectivity index (χ2v) is 7.69. The summed E-state index contributed by atoms with van der Waals surface area (Å²) < 4.78 is 8.74. The Morgan fingerprint density at radius 3 is 2.90 bits per heavy atom. The van der Waals surface area contributed by atoms with Crippen molar-refractivity contribution in [2.75, 3.05) is 6.54 Å². The number of benzene rings is 1. The van der Waals surface area contributed by atoms with E-state index in [0.29, 0.717) is 36.5 Å². The van der Waals surface area contributed by atoms with Crippen LogP contribution in [0.3, 0.4) is 0 Å². The number of aromatic nitrogens is 4. The van der Waals surface area contributed by atoms with E-state index in [4.69, 9.17) is 4.42 Å². The van der Waals surface area contributed by atoms with Crippen molar-refractivity contribution >= 4 is 16.8 Å². The fourth-order valence-corrected chi connectivity index (χ4v) is 4.03. The zero-order valence-corrected chi connectivity index (χ0v) is 17.1. The van der Waals surface area contributed by atoms with Crippen molar-refractivity contribution < 1.29 is 9.21 Å². The second-order valence-electron chi connectivity index (χ2n) is 7.69. The third-order valence-electron chi connectivity index (χ3n) is 5.60. The number of hydrogen-bond donors (Lipinski definition) is 1. The van der Waals surface area contributed by atoms with Gasteiger partial charge in [0.25, 0.3) is 5.91 Å². The minimum atomic E-state index is -0.178. The minimum absolute atomic E-state index is 0.0516. The number of nitrogens with zero attached hydrogens (tertiary/aromatic N) is 4. The predicted octanol–water partition coefficient (Wildman–Crippen LogP) is 3.01. The summed E-state index contributed by atoms with van der Waals surface area (Å²) in [5, 5.41) is 8.20. The van der Waals surface area contributed by atoms with Crippen molar-refractivity contribution in [3.63, 3.8) is 0 Å². The number of hydrogen-bond acceptors (Lipinski definition) is 5. The number of fused-ring (bicyclic) bond motifs is 2. The van der Waals surface area contributed by atoms with Crippen molar-refractivity contribution in [2.24, 2.45) is 0 Å². The maximum absolute atomic E-state index is 13.0. The van der Waals surface area contributed by atoms with Crippen molar-refractivity contribution in [3.05, 3.63) is 70.6 Å². The number of para-hydroxylation sites is 1. The van der Waals surface area contributed by atoms with Crippen LogP contribution in [0.5, 0.6) is 0 Å². The largest absolute Gasteiger partial charge is 0.463 e. The van der Waals surface area contributed by atoms with E-state index >= 15 is 0 Å². The number of nitrogens with one attached hydrogen (secondary N) is 1. The van der Waals surface area contributed by atoms with Crippen LogP contribution in [0.1, 0.15) is 35.4 Å². The van der Waals surface area contributed by atoms with Gasteiger partial charge in [-0.1, -0.05) is 18.2 Å². The first-order valence-electron chi connectivity index (χ1n) is 10.6. The van der Waals surface area contributed by atoms with E-state index in [-0.39, 0.29) is 11.6 Å². The van der Waals surface area contributed by atoms with Crippen molar-refractivity contribution in [2.45, 2.75) is 38.8 Å². The zero-order valence-electron chi connectivity index (χ0n) is 17.1. The van der Waals surface area contributed by atoms with Gasteiger partial charge in [0, 0.05) is 31.4 Å². The number of carbonyl (C=O) groups is 1.